The van der Waals surface area contributed by atoms with Crippen LogP contribution in [0.25, 0.3) is 0 Å². The zero-order valence-corrected chi connectivity index (χ0v) is 12.6. The number of nitrogens with one attached hydrogen (secondary N) is 1. The minimum absolute atomic E-state index is 0.238. The van der Waals surface area contributed by atoms with E-state index in [0.717, 1.165) is 43.4 Å². The molecule has 20 heavy (non-hydrogen) atoms. The third-order valence-electron chi connectivity index (χ3n) is 3.84. The van der Waals surface area contributed by atoms with Gasteiger partial charge in [-0.2, -0.15) is 0 Å². The smallest absolute Gasteiger partial charge is 0.339 e. The molecular weight excluding hydrogens is 252 g/mol. The number of carboxylic acid groups (broad SMARTS) is 1. The number of rotatable bonds is 6. The molecule has 1 aliphatic rings. The van der Waals surface area contributed by atoms with Crippen LogP contribution in [0.4, 0.5) is 5.82 Å². The van der Waals surface area contributed by atoms with Crippen molar-refractivity contribution >= 4 is 11.8 Å². The third-order valence-corrected chi connectivity index (χ3v) is 3.84. The maximum absolute atomic E-state index is 11.4. The van der Waals surface area contributed by atoms with Crippen LogP contribution in [0.2, 0.25) is 0 Å². The predicted octanol–water partition coefficient (Wildman–Crippen LogP) is 3.51. The van der Waals surface area contributed by atoms with E-state index < -0.39 is 5.97 Å². The number of hydrogen-bond acceptors (Lipinski definition) is 3. The van der Waals surface area contributed by atoms with Gasteiger partial charge in [0.1, 0.15) is 11.4 Å². The molecule has 0 amide bonds. The molecule has 1 aromatic heterocycles. The van der Waals surface area contributed by atoms with Crippen LogP contribution in [0.3, 0.4) is 0 Å². The largest absolute Gasteiger partial charge is 0.478 e. The van der Waals surface area contributed by atoms with E-state index in [1.165, 1.54) is 0 Å². The summed E-state index contributed by atoms with van der Waals surface area (Å²) < 4.78 is 0. The fourth-order valence-electron chi connectivity index (χ4n) is 2.63. The Kier molecular flexibility index (Phi) is 4.63. The second kappa shape index (κ2) is 6.25. The van der Waals surface area contributed by atoms with Crippen LogP contribution < -0.4 is 5.32 Å². The molecule has 0 aromatic carbocycles. The third kappa shape index (κ3) is 3.50. The summed E-state index contributed by atoms with van der Waals surface area (Å²) in [5, 5.41) is 12.6. The van der Waals surface area contributed by atoms with Crippen LogP contribution in [0.15, 0.2) is 6.07 Å². The number of hydrogen-bond donors (Lipinski definition) is 2. The second-order valence-corrected chi connectivity index (χ2v) is 6.17. The van der Waals surface area contributed by atoms with E-state index in [0.29, 0.717) is 17.3 Å². The van der Waals surface area contributed by atoms with Crippen molar-refractivity contribution in [2.24, 2.45) is 5.92 Å². The Morgan fingerprint density at radius 3 is 2.75 bits per heavy atom. The Bertz CT molecular complexity index is 497. The maximum Gasteiger partial charge on any atom is 0.339 e. The van der Waals surface area contributed by atoms with Gasteiger partial charge >= 0.3 is 5.97 Å². The minimum Gasteiger partial charge on any atom is -0.478 e. The summed E-state index contributed by atoms with van der Waals surface area (Å²) in [5.41, 5.74) is 2.47. The summed E-state index contributed by atoms with van der Waals surface area (Å²) in [5.74, 6) is 0.298. The van der Waals surface area contributed by atoms with Crippen LogP contribution in [-0.4, -0.2) is 22.1 Å². The van der Waals surface area contributed by atoms with Crippen molar-refractivity contribution in [3.05, 3.63) is 22.9 Å². The minimum atomic E-state index is -0.897. The Hall–Kier alpha value is -1.58. The normalized spacial score (nSPS) is 15.2. The summed E-state index contributed by atoms with van der Waals surface area (Å²) in [6.07, 6.45) is 5.14. The molecule has 1 heterocycles. The first kappa shape index (κ1) is 14.8. The first-order chi connectivity index (χ1) is 9.47. The van der Waals surface area contributed by atoms with Gasteiger partial charge < -0.3 is 10.4 Å². The standard InChI is InChI=1S/C16H24N2O2/c1-10(2)7-8-11(3)17-15-13(16(19)20)9-12-5-4-6-14(12)18-15/h9-11H,4-8H2,1-3H3,(H,17,18)(H,19,20). The Morgan fingerprint density at radius 1 is 1.35 bits per heavy atom. The number of anilines is 1. The van der Waals surface area contributed by atoms with Gasteiger partial charge in [-0.05, 0) is 56.6 Å². The van der Waals surface area contributed by atoms with Crippen LogP contribution in [0.1, 0.15) is 61.6 Å². The van der Waals surface area contributed by atoms with Crippen LogP contribution in [-0.2, 0) is 12.8 Å². The van der Waals surface area contributed by atoms with Gasteiger partial charge in [-0.25, -0.2) is 9.78 Å². The van der Waals surface area contributed by atoms with Crippen LogP contribution >= 0.6 is 0 Å². The lowest BCUT2D eigenvalue weighted by Gasteiger charge is -2.18. The first-order valence-corrected chi connectivity index (χ1v) is 7.50. The Balaban J connectivity index is 2.15. The van der Waals surface area contributed by atoms with Gasteiger partial charge in [0.15, 0.2) is 0 Å². The SMILES string of the molecule is CC(C)CCC(C)Nc1nc2c(cc1C(=O)O)CCC2. The lowest BCUT2D eigenvalue weighted by molar-refractivity contribution is 0.0697. The summed E-state index contributed by atoms with van der Waals surface area (Å²) in [6, 6.07) is 2.04. The molecule has 4 heteroatoms. The average molecular weight is 276 g/mol. The topological polar surface area (TPSA) is 62.2 Å². The van der Waals surface area contributed by atoms with Crippen molar-refractivity contribution < 1.29 is 9.90 Å². The van der Waals surface area contributed by atoms with Gasteiger partial charge in [-0.3, -0.25) is 0 Å². The Labute approximate surface area is 120 Å². The Morgan fingerprint density at radius 2 is 2.10 bits per heavy atom. The van der Waals surface area contributed by atoms with Crippen molar-refractivity contribution in [2.75, 3.05) is 5.32 Å². The van der Waals surface area contributed by atoms with Crippen LogP contribution in [0.5, 0.6) is 0 Å². The van der Waals surface area contributed by atoms with Gasteiger partial charge in [0.2, 0.25) is 0 Å². The number of nitrogens with zero attached hydrogens (tertiary/aromatic N) is 1. The zero-order valence-electron chi connectivity index (χ0n) is 12.6. The number of carbonyl (C=O) groups is 1. The van der Waals surface area contributed by atoms with E-state index in [4.69, 9.17) is 0 Å². The molecule has 1 aliphatic carbocycles. The van der Waals surface area contributed by atoms with Crippen molar-refractivity contribution in [2.45, 2.75) is 58.9 Å². The fourth-order valence-corrected chi connectivity index (χ4v) is 2.63. The molecule has 2 rings (SSSR count). The van der Waals surface area contributed by atoms with E-state index in [9.17, 15) is 9.90 Å². The van der Waals surface area contributed by atoms with E-state index >= 15 is 0 Å². The molecular formula is C16H24N2O2. The number of fused-ring (bicyclic) bond motifs is 1. The number of aryl methyl sites for hydroxylation is 2. The summed E-state index contributed by atoms with van der Waals surface area (Å²) in [6.45, 7) is 6.48. The zero-order chi connectivity index (χ0) is 14.7. The lowest BCUT2D eigenvalue weighted by atomic mass is 10.0. The van der Waals surface area contributed by atoms with E-state index in [1.807, 2.05) is 0 Å². The summed E-state index contributed by atoms with van der Waals surface area (Å²) >= 11 is 0. The molecule has 0 saturated heterocycles. The van der Waals surface area contributed by atoms with E-state index in [1.54, 1.807) is 6.07 Å². The quantitative estimate of drug-likeness (QED) is 0.834. The molecule has 2 N–H and O–H groups in total. The lowest BCUT2D eigenvalue weighted by Crippen LogP contribution is -2.19. The number of carboxylic acids is 1. The van der Waals surface area contributed by atoms with E-state index in [2.05, 4.69) is 31.1 Å². The van der Waals surface area contributed by atoms with Gasteiger partial charge in [0, 0.05) is 11.7 Å². The predicted molar refractivity (Wildman–Crippen MR) is 80.4 cm³/mol. The molecule has 1 unspecified atom stereocenters. The van der Waals surface area contributed by atoms with Gasteiger partial charge in [-0.1, -0.05) is 13.8 Å². The van der Waals surface area contributed by atoms with Crippen molar-refractivity contribution in [3.63, 3.8) is 0 Å². The average Bonchev–Trinajstić information content (AvgIpc) is 2.82. The molecule has 1 aromatic rings. The van der Waals surface area contributed by atoms with Crippen molar-refractivity contribution in [1.82, 2.24) is 4.98 Å². The number of aromatic carboxylic acids is 1. The van der Waals surface area contributed by atoms with Gasteiger partial charge in [-0.15, -0.1) is 0 Å². The molecule has 110 valence electrons. The van der Waals surface area contributed by atoms with Crippen molar-refractivity contribution in [1.29, 1.82) is 0 Å². The maximum atomic E-state index is 11.4. The molecule has 0 fully saturated rings. The van der Waals surface area contributed by atoms with Gasteiger partial charge in [0.05, 0.1) is 0 Å². The highest BCUT2D eigenvalue weighted by Gasteiger charge is 2.20. The van der Waals surface area contributed by atoms with Gasteiger partial charge in [0.25, 0.3) is 0 Å². The molecule has 0 aliphatic heterocycles. The molecule has 4 nitrogen and oxygen atoms in total. The number of aromatic nitrogens is 1. The van der Waals surface area contributed by atoms with Crippen LogP contribution in [0, 0.1) is 5.92 Å². The molecule has 0 saturated carbocycles. The fraction of sp³-hybridized carbons (Fsp3) is 0.625. The first-order valence-electron chi connectivity index (χ1n) is 7.50. The summed E-state index contributed by atoms with van der Waals surface area (Å²) in [7, 11) is 0. The highest BCUT2D eigenvalue weighted by Crippen LogP contribution is 2.26. The monoisotopic (exact) mass is 276 g/mol. The second-order valence-electron chi connectivity index (χ2n) is 6.17. The molecule has 1 atom stereocenters. The highest BCUT2D eigenvalue weighted by molar-refractivity contribution is 5.93. The molecule has 0 bridgehead atoms. The highest BCUT2D eigenvalue weighted by atomic mass is 16.4. The number of pyridine rings is 1. The molecule has 0 radical (unpaired) electrons. The molecule has 0 spiro atoms. The summed E-state index contributed by atoms with van der Waals surface area (Å²) in [4.78, 5) is 15.9. The van der Waals surface area contributed by atoms with E-state index in [-0.39, 0.29) is 6.04 Å². The van der Waals surface area contributed by atoms with Crippen molar-refractivity contribution in [3.8, 4) is 0 Å².